The molecule has 0 aliphatic carbocycles. The molecule has 2 aromatic rings. The molecule has 0 aliphatic rings. The summed E-state index contributed by atoms with van der Waals surface area (Å²) in [6, 6.07) is 3.14. The fourth-order valence-electron chi connectivity index (χ4n) is 2.51. The molecule has 0 radical (unpaired) electrons. The number of H-pyrrole nitrogens is 1. The van der Waals surface area contributed by atoms with Gasteiger partial charge in [-0.1, -0.05) is 0 Å². The van der Waals surface area contributed by atoms with Crippen molar-refractivity contribution in [2.24, 2.45) is 0 Å². The van der Waals surface area contributed by atoms with Gasteiger partial charge in [0, 0.05) is 31.4 Å². The van der Waals surface area contributed by atoms with Crippen LogP contribution in [0.2, 0.25) is 0 Å². The first kappa shape index (κ1) is 16.0. The van der Waals surface area contributed by atoms with Crippen LogP contribution in [-0.2, 0) is 11.2 Å². The van der Waals surface area contributed by atoms with Crippen LogP contribution in [0.5, 0.6) is 0 Å². The smallest absolute Gasteiger partial charge is 0.267 e. The van der Waals surface area contributed by atoms with E-state index in [1.807, 2.05) is 0 Å². The van der Waals surface area contributed by atoms with Crippen LogP contribution in [0.4, 0.5) is 4.39 Å². The van der Waals surface area contributed by atoms with Crippen molar-refractivity contribution in [3.63, 3.8) is 0 Å². The first-order chi connectivity index (χ1) is 10.5. The first-order valence-corrected chi connectivity index (χ1v) is 7.21. The van der Waals surface area contributed by atoms with E-state index in [9.17, 15) is 14.0 Å². The summed E-state index contributed by atoms with van der Waals surface area (Å²) in [5.41, 5.74) is 2.37. The number of nitrogens with one attached hydrogen (secondary N) is 3. The number of aromatic nitrogens is 1. The normalized spacial score (nSPS) is 10.7. The van der Waals surface area contributed by atoms with Gasteiger partial charge in [0.2, 0.25) is 5.91 Å². The highest BCUT2D eigenvalue weighted by atomic mass is 19.1. The van der Waals surface area contributed by atoms with Gasteiger partial charge in [-0.3, -0.25) is 9.59 Å². The van der Waals surface area contributed by atoms with Crippen LogP contribution in [0, 0.1) is 12.7 Å². The molecule has 0 spiro atoms. The van der Waals surface area contributed by atoms with Crippen molar-refractivity contribution in [2.75, 3.05) is 14.1 Å². The monoisotopic (exact) mass is 305 g/mol. The van der Waals surface area contributed by atoms with Crippen molar-refractivity contribution in [3.05, 3.63) is 34.8 Å². The minimum absolute atomic E-state index is 0.0384. The summed E-state index contributed by atoms with van der Waals surface area (Å²) in [5, 5.41) is 5.98. The Balaban J connectivity index is 2.41. The Morgan fingerprint density at radius 1 is 1.23 bits per heavy atom. The third-order valence-corrected chi connectivity index (χ3v) is 3.75. The number of fused-ring (bicyclic) bond motifs is 1. The first-order valence-electron chi connectivity index (χ1n) is 7.21. The maximum Gasteiger partial charge on any atom is 0.267 e. The number of carbonyl (C=O) groups excluding carboxylic acids is 2. The molecule has 6 heteroatoms. The second kappa shape index (κ2) is 6.60. The van der Waals surface area contributed by atoms with Crippen LogP contribution in [0.15, 0.2) is 12.1 Å². The van der Waals surface area contributed by atoms with E-state index < -0.39 is 0 Å². The molecular weight excluding hydrogens is 285 g/mol. The number of hydrogen-bond acceptors (Lipinski definition) is 2. The molecule has 2 rings (SSSR count). The van der Waals surface area contributed by atoms with E-state index in [2.05, 4.69) is 15.6 Å². The Morgan fingerprint density at radius 2 is 1.95 bits per heavy atom. The summed E-state index contributed by atoms with van der Waals surface area (Å²) in [4.78, 5) is 26.3. The maximum atomic E-state index is 13.7. The highest BCUT2D eigenvalue weighted by molar-refractivity contribution is 6.01. The van der Waals surface area contributed by atoms with Gasteiger partial charge < -0.3 is 15.6 Å². The van der Waals surface area contributed by atoms with Crippen molar-refractivity contribution in [3.8, 4) is 0 Å². The average molecular weight is 305 g/mol. The van der Waals surface area contributed by atoms with Gasteiger partial charge in [-0.2, -0.15) is 0 Å². The maximum absolute atomic E-state index is 13.7. The quantitative estimate of drug-likeness (QED) is 0.791. The zero-order valence-corrected chi connectivity index (χ0v) is 13.0. The molecule has 22 heavy (non-hydrogen) atoms. The summed E-state index contributed by atoms with van der Waals surface area (Å²) in [5.74, 6) is -0.595. The Hall–Kier alpha value is -2.37. The lowest BCUT2D eigenvalue weighted by molar-refractivity contribution is -0.120. The van der Waals surface area contributed by atoms with E-state index in [4.69, 9.17) is 0 Å². The minimum atomic E-state index is -0.311. The third-order valence-electron chi connectivity index (χ3n) is 3.75. The molecule has 1 aromatic carbocycles. The largest absolute Gasteiger partial charge is 0.359 e. The molecule has 5 nitrogen and oxygen atoms in total. The lowest BCUT2D eigenvalue weighted by Crippen LogP contribution is -2.20. The second-order valence-corrected chi connectivity index (χ2v) is 5.23. The van der Waals surface area contributed by atoms with E-state index in [1.165, 1.54) is 6.07 Å². The molecule has 0 saturated heterocycles. The van der Waals surface area contributed by atoms with Crippen molar-refractivity contribution in [1.82, 2.24) is 15.6 Å². The summed E-state index contributed by atoms with van der Waals surface area (Å²) in [6.45, 7) is 1.69. The molecule has 0 aliphatic heterocycles. The Kier molecular flexibility index (Phi) is 4.80. The van der Waals surface area contributed by atoms with Crippen molar-refractivity contribution < 1.29 is 14.0 Å². The Bertz CT molecular complexity index is 722. The minimum Gasteiger partial charge on any atom is -0.359 e. The lowest BCUT2D eigenvalue weighted by atomic mass is 10.0. The number of halogens is 1. The molecule has 1 heterocycles. The molecular formula is C16H20FN3O2. The van der Waals surface area contributed by atoms with Crippen LogP contribution < -0.4 is 10.6 Å². The Morgan fingerprint density at radius 3 is 2.59 bits per heavy atom. The van der Waals surface area contributed by atoms with Gasteiger partial charge >= 0.3 is 0 Å². The number of amides is 2. The number of aryl methyl sites for hydroxylation is 2. The number of rotatable bonds is 5. The van der Waals surface area contributed by atoms with Gasteiger partial charge in [-0.15, -0.1) is 0 Å². The predicted octanol–water partition coefficient (Wildman–Crippen LogP) is 2.04. The Labute approximate surface area is 128 Å². The topological polar surface area (TPSA) is 74.0 Å². The van der Waals surface area contributed by atoms with E-state index in [1.54, 1.807) is 27.1 Å². The fraction of sp³-hybridized carbons (Fsp3) is 0.375. The lowest BCUT2D eigenvalue weighted by Gasteiger charge is -2.04. The molecule has 0 saturated carbocycles. The number of carbonyl (C=O) groups is 2. The van der Waals surface area contributed by atoms with Gasteiger partial charge in [-0.05, 0) is 43.0 Å². The summed E-state index contributed by atoms with van der Waals surface area (Å²) in [6.07, 6.45) is 1.57. The predicted molar refractivity (Wildman–Crippen MR) is 83.4 cm³/mol. The van der Waals surface area contributed by atoms with E-state index in [-0.39, 0.29) is 17.6 Å². The number of benzene rings is 1. The zero-order chi connectivity index (χ0) is 16.3. The van der Waals surface area contributed by atoms with Gasteiger partial charge in [0.1, 0.15) is 11.5 Å². The van der Waals surface area contributed by atoms with Crippen LogP contribution in [-0.4, -0.2) is 30.9 Å². The van der Waals surface area contributed by atoms with Crippen molar-refractivity contribution in [2.45, 2.75) is 26.2 Å². The van der Waals surface area contributed by atoms with E-state index in [0.717, 1.165) is 10.9 Å². The second-order valence-electron chi connectivity index (χ2n) is 5.23. The molecule has 3 N–H and O–H groups in total. The van der Waals surface area contributed by atoms with Crippen LogP contribution >= 0.6 is 0 Å². The highest BCUT2D eigenvalue weighted by Gasteiger charge is 2.18. The van der Waals surface area contributed by atoms with Crippen molar-refractivity contribution in [1.29, 1.82) is 0 Å². The van der Waals surface area contributed by atoms with Crippen LogP contribution in [0.25, 0.3) is 10.9 Å². The zero-order valence-electron chi connectivity index (χ0n) is 13.0. The van der Waals surface area contributed by atoms with Gasteiger partial charge in [0.15, 0.2) is 0 Å². The molecule has 0 bridgehead atoms. The molecule has 0 fully saturated rings. The standard InChI is InChI=1S/C16H20FN3O2/c1-9-7-11-10(5-4-6-14(21)18-2)15(16(22)19-3)20-13(11)8-12(9)17/h7-8,20H,4-6H2,1-3H3,(H,18,21)(H,19,22). The molecule has 2 amide bonds. The van der Waals surface area contributed by atoms with Crippen LogP contribution in [0.1, 0.15) is 34.5 Å². The van der Waals surface area contributed by atoms with Crippen molar-refractivity contribution >= 4 is 22.7 Å². The molecule has 0 atom stereocenters. The summed E-state index contributed by atoms with van der Waals surface area (Å²) < 4.78 is 13.7. The number of hydrogen-bond donors (Lipinski definition) is 3. The van der Waals surface area contributed by atoms with Gasteiger partial charge in [0.05, 0.1) is 0 Å². The fourth-order valence-corrected chi connectivity index (χ4v) is 2.51. The molecule has 118 valence electrons. The van der Waals surface area contributed by atoms with E-state index in [0.29, 0.717) is 36.0 Å². The van der Waals surface area contributed by atoms with E-state index >= 15 is 0 Å². The molecule has 1 aromatic heterocycles. The third kappa shape index (κ3) is 3.10. The average Bonchev–Trinajstić information content (AvgIpc) is 2.84. The summed E-state index contributed by atoms with van der Waals surface area (Å²) >= 11 is 0. The highest BCUT2D eigenvalue weighted by Crippen LogP contribution is 2.27. The summed E-state index contributed by atoms with van der Waals surface area (Å²) in [7, 11) is 3.14. The number of aromatic amines is 1. The SMILES string of the molecule is CNC(=O)CCCc1c(C(=O)NC)[nH]c2cc(F)c(C)cc12. The van der Waals surface area contributed by atoms with Gasteiger partial charge in [0.25, 0.3) is 5.91 Å². The van der Waals surface area contributed by atoms with Gasteiger partial charge in [-0.25, -0.2) is 4.39 Å². The van der Waals surface area contributed by atoms with Crippen LogP contribution in [0.3, 0.4) is 0 Å². The molecule has 0 unspecified atom stereocenters.